The summed E-state index contributed by atoms with van der Waals surface area (Å²) in [7, 11) is 0. The van der Waals surface area contributed by atoms with Crippen molar-refractivity contribution in [3.8, 4) is 0 Å². The lowest BCUT2D eigenvalue weighted by atomic mass is 10.0. The summed E-state index contributed by atoms with van der Waals surface area (Å²) < 4.78 is 0. The molecule has 2 unspecified atom stereocenters. The maximum Gasteiger partial charge on any atom is 0.224 e. The molecule has 1 rings (SSSR count). The summed E-state index contributed by atoms with van der Waals surface area (Å²) in [6.45, 7) is 8.03. The van der Waals surface area contributed by atoms with Crippen LogP contribution in [0.1, 0.15) is 47.0 Å². The molecule has 0 aromatic heterocycles. The van der Waals surface area contributed by atoms with Crippen LogP contribution in [0.15, 0.2) is 0 Å². The van der Waals surface area contributed by atoms with Crippen molar-refractivity contribution in [2.24, 2.45) is 5.73 Å². The molecule has 1 aliphatic rings. The third kappa shape index (κ3) is 3.99. The van der Waals surface area contributed by atoms with Crippen LogP contribution in [0, 0.1) is 0 Å². The molecule has 90 valence electrons. The highest BCUT2D eigenvalue weighted by atomic mass is 35.5. The fraction of sp³-hybridized carbons (Fsp3) is 0.909. The molecule has 1 amide bonds. The number of hydrogen-bond acceptors (Lipinski definition) is 2. The molecule has 0 aromatic carbocycles. The van der Waals surface area contributed by atoms with Crippen molar-refractivity contribution in [3.63, 3.8) is 0 Å². The molecule has 1 heterocycles. The molecule has 0 bridgehead atoms. The Labute approximate surface area is 98.8 Å². The van der Waals surface area contributed by atoms with Crippen LogP contribution in [0.3, 0.4) is 0 Å². The molecule has 2 atom stereocenters. The maximum atomic E-state index is 11.9. The minimum Gasteiger partial charge on any atom is -0.337 e. The molecule has 0 aliphatic carbocycles. The van der Waals surface area contributed by atoms with Gasteiger partial charge in [0.1, 0.15) is 0 Å². The van der Waals surface area contributed by atoms with E-state index in [0.29, 0.717) is 18.5 Å². The van der Waals surface area contributed by atoms with Crippen molar-refractivity contribution in [3.05, 3.63) is 0 Å². The summed E-state index contributed by atoms with van der Waals surface area (Å²) in [6, 6.07) is 0.777. The van der Waals surface area contributed by atoms with Crippen molar-refractivity contribution < 1.29 is 4.79 Å². The molecule has 4 heteroatoms. The van der Waals surface area contributed by atoms with Crippen LogP contribution >= 0.6 is 12.4 Å². The van der Waals surface area contributed by atoms with Gasteiger partial charge < -0.3 is 10.6 Å². The summed E-state index contributed by atoms with van der Waals surface area (Å²) in [6.07, 6.45) is 2.69. The Bertz CT molecular complexity index is 215. The van der Waals surface area contributed by atoms with Crippen LogP contribution in [-0.4, -0.2) is 28.4 Å². The number of likely N-dealkylation sites (tertiary alicyclic amines) is 1. The first kappa shape index (κ1) is 14.7. The van der Waals surface area contributed by atoms with Crippen molar-refractivity contribution in [2.45, 2.75) is 64.6 Å². The molecular formula is C11H23ClN2O. The Morgan fingerprint density at radius 2 is 1.73 bits per heavy atom. The molecular weight excluding hydrogens is 212 g/mol. The standard InChI is InChI=1S/C11H22N2O.ClH/c1-8-5-6-9(2)13(8)10(14)7-11(3,4)12;/h8-9H,5-7,12H2,1-4H3;1H. The van der Waals surface area contributed by atoms with Gasteiger partial charge in [-0.15, -0.1) is 12.4 Å². The zero-order valence-electron chi connectivity index (χ0n) is 10.1. The van der Waals surface area contributed by atoms with E-state index in [4.69, 9.17) is 5.73 Å². The third-order valence-electron chi connectivity index (χ3n) is 2.85. The maximum absolute atomic E-state index is 11.9. The van der Waals surface area contributed by atoms with Crippen LogP contribution in [-0.2, 0) is 4.79 Å². The lowest BCUT2D eigenvalue weighted by molar-refractivity contribution is -0.134. The zero-order chi connectivity index (χ0) is 10.9. The molecule has 0 saturated carbocycles. The summed E-state index contributed by atoms with van der Waals surface area (Å²) >= 11 is 0. The highest BCUT2D eigenvalue weighted by Gasteiger charge is 2.32. The number of halogens is 1. The van der Waals surface area contributed by atoms with Gasteiger partial charge in [-0.3, -0.25) is 4.79 Å². The second-order valence-corrected chi connectivity index (χ2v) is 5.24. The van der Waals surface area contributed by atoms with Crippen molar-refractivity contribution >= 4 is 18.3 Å². The zero-order valence-corrected chi connectivity index (χ0v) is 10.9. The Kier molecular flexibility index (Phi) is 5.07. The van der Waals surface area contributed by atoms with Crippen LogP contribution < -0.4 is 5.73 Å². The summed E-state index contributed by atoms with van der Waals surface area (Å²) in [5, 5.41) is 0. The van der Waals surface area contributed by atoms with Crippen LogP contribution in [0.25, 0.3) is 0 Å². The quantitative estimate of drug-likeness (QED) is 0.794. The van der Waals surface area contributed by atoms with E-state index in [1.54, 1.807) is 0 Å². The normalized spacial score (nSPS) is 26.3. The Morgan fingerprint density at radius 3 is 2.07 bits per heavy atom. The monoisotopic (exact) mass is 234 g/mol. The Hall–Kier alpha value is -0.280. The molecule has 1 saturated heterocycles. The van der Waals surface area contributed by atoms with E-state index in [1.807, 2.05) is 18.7 Å². The van der Waals surface area contributed by atoms with Crippen LogP contribution in [0.2, 0.25) is 0 Å². The number of nitrogens with two attached hydrogens (primary N) is 1. The Morgan fingerprint density at radius 1 is 1.33 bits per heavy atom. The number of rotatable bonds is 2. The predicted octanol–water partition coefficient (Wildman–Crippen LogP) is 1.94. The topological polar surface area (TPSA) is 46.3 Å². The van der Waals surface area contributed by atoms with E-state index in [1.165, 1.54) is 0 Å². The SMILES string of the molecule is CC1CCC(C)N1C(=O)CC(C)(C)N.Cl. The van der Waals surface area contributed by atoms with Crippen molar-refractivity contribution in [1.82, 2.24) is 4.90 Å². The van der Waals surface area contributed by atoms with Crippen molar-refractivity contribution in [2.75, 3.05) is 0 Å². The molecule has 1 aliphatic heterocycles. The first-order valence-electron chi connectivity index (χ1n) is 5.41. The first-order chi connectivity index (χ1) is 6.31. The van der Waals surface area contributed by atoms with E-state index in [-0.39, 0.29) is 23.9 Å². The van der Waals surface area contributed by atoms with E-state index in [0.717, 1.165) is 12.8 Å². The average molecular weight is 235 g/mol. The van der Waals surface area contributed by atoms with Gasteiger partial charge in [0.15, 0.2) is 0 Å². The number of amides is 1. The van der Waals surface area contributed by atoms with Gasteiger partial charge in [-0.2, -0.15) is 0 Å². The number of hydrogen-bond donors (Lipinski definition) is 1. The molecule has 1 fully saturated rings. The third-order valence-corrected chi connectivity index (χ3v) is 2.85. The van der Waals surface area contributed by atoms with Gasteiger partial charge >= 0.3 is 0 Å². The molecule has 0 spiro atoms. The van der Waals surface area contributed by atoms with E-state index < -0.39 is 0 Å². The smallest absolute Gasteiger partial charge is 0.224 e. The predicted molar refractivity (Wildman–Crippen MR) is 65.1 cm³/mol. The highest BCUT2D eigenvalue weighted by Crippen LogP contribution is 2.25. The van der Waals surface area contributed by atoms with E-state index >= 15 is 0 Å². The average Bonchev–Trinajstić information content (AvgIpc) is 2.27. The number of nitrogens with zero attached hydrogens (tertiary/aromatic N) is 1. The van der Waals surface area contributed by atoms with Gasteiger partial charge in [-0.25, -0.2) is 0 Å². The minimum atomic E-state index is -0.390. The van der Waals surface area contributed by atoms with Gasteiger partial charge in [0, 0.05) is 24.0 Å². The van der Waals surface area contributed by atoms with Crippen molar-refractivity contribution in [1.29, 1.82) is 0 Å². The molecule has 3 nitrogen and oxygen atoms in total. The van der Waals surface area contributed by atoms with Gasteiger partial charge in [0.25, 0.3) is 0 Å². The fourth-order valence-electron chi connectivity index (χ4n) is 2.17. The first-order valence-corrected chi connectivity index (χ1v) is 5.41. The second kappa shape index (κ2) is 5.17. The minimum absolute atomic E-state index is 0. The largest absolute Gasteiger partial charge is 0.337 e. The molecule has 15 heavy (non-hydrogen) atoms. The number of carbonyl (C=O) groups is 1. The lowest BCUT2D eigenvalue weighted by Gasteiger charge is -2.29. The number of carbonyl (C=O) groups excluding carboxylic acids is 1. The van der Waals surface area contributed by atoms with Gasteiger partial charge in [0.2, 0.25) is 5.91 Å². The molecule has 2 N–H and O–H groups in total. The van der Waals surface area contributed by atoms with Gasteiger partial charge in [-0.05, 0) is 40.5 Å². The lowest BCUT2D eigenvalue weighted by Crippen LogP contribution is -2.44. The second-order valence-electron chi connectivity index (χ2n) is 5.24. The van der Waals surface area contributed by atoms with Crippen LogP contribution in [0.5, 0.6) is 0 Å². The highest BCUT2D eigenvalue weighted by molar-refractivity contribution is 5.85. The van der Waals surface area contributed by atoms with E-state index in [2.05, 4.69) is 13.8 Å². The van der Waals surface area contributed by atoms with Crippen LogP contribution in [0.4, 0.5) is 0 Å². The van der Waals surface area contributed by atoms with E-state index in [9.17, 15) is 4.79 Å². The molecule has 0 aromatic rings. The molecule has 0 radical (unpaired) electrons. The Balaban J connectivity index is 0.00000196. The fourth-order valence-corrected chi connectivity index (χ4v) is 2.17. The van der Waals surface area contributed by atoms with Gasteiger partial charge in [-0.1, -0.05) is 0 Å². The summed E-state index contributed by atoms with van der Waals surface area (Å²) in [4.78, 5) is 13.9. The summed E-state index contributed by atoms with van der Waals surface area (Å²) in [5.41, 5.74) is 5.46. The summed E-state index contributed by atoms with van der Waals surface area (Å²) in [5.74, 6) is 0.204. The van der Waals surface area contributed by atoms with Gasteiger partial charge in [0.05, 0.1) is 0 Å².